The van der Waals surface area contributed by atoms with E-state index in [4.69, 9.17) is 0 Å². The first-order valence-corrected chi connectivity index (χ1v) is 8.23. The third-order valence-electron chi connectivity index (χ3n) is 4.02. The Bertz CT molecular complexity index is 408. The third-order valence-corrected chi connectivity index (χ3v) is 4.02. The van der Waals surface area contributed by atoms with Gasteiger partial charge in [-0.1, -0.05) is 13.3 Å². The fourth-order valence-corrected chi connectivity index (χ4v) is 2.42. The first-order valence-electron chi connectivity index (χ1n) is 8.23. The van der Waals surface area contributed by atoms with Crippen molar-refractivity contribution in [2.75, 3.05) is 46.3 Å². The highest BCUT2D eigenvalue weighted by Gasteiger charge is 2.26. The zero-order valence-corrected chi connectivity index (χ0v) is 14.4. The quantitative estimate of drug-likeness (QED) is 0.541. The van der Waals surface area contributed by atoms with Crippen molar-refractivity contribution in [1.29, 1.82) is 0 Å². The predicted octanol–water partition coefficient (Wildman–Crippen LogP) is -0.636. The molecule has 1 aliphatic heterocycles. The summed E-state index contributed by atoms with van der Waals surface area (Å²) in [6.07, 6.45) is 2.06. The number of hydrogen-bond donors (Lipinski definition) is 3. The van der Waals surface area contributed by atoms with Crippen LogP contribution in [0.3, 0.4) is 0 Å². The summed E-state index contributed by atoms with van der Waals surface area (Å²) in [4.78, 5) is 39.0. The van der Waals surface area contributed by atoms with Crippen molar-refractivity contribution in [3.8, 4) is 0 Å². The maximum absolute atomic E-state index is 11.9. The smallest absolute Gasteiger partial charge is 0.321 e. The molecule has 1 heterocycles. The maximum Gasteiger partial charge on any atom is 0.321 e. The van der Waals surface area contributed by atoms with Crippen molar-refractivity contribution in [3.63, 3.8) is 0 Å². The number of amides is 4. The standard InChI is InChI=1S/C15H29N5O3/c1-4-5-6-17-13(21)11-19-7-9-20(10-8-19)12(2)14(22)18-15(23)16-3/h12H,4-11H2,1-3H3,(H,17,21)(H2,16,18,22,23)/t12-/m0/s1. The largest absolute Gasteiger partial charge is 0.355 e. The molecule has 1 saturated heterocycles. The van der Waals surface area contributed by atoms with Gasteiger partial charge in [-0.3, -0.25) is 24.7 Å². The van der Waals surface area contributed by atoms with Gasteiger partial charge in [0.15, 0.2) is 0 Å². The van der Waals surface area contributed by atoms with E-state index in [2.05, 4.69) is 27.8 Å². The number of carbonyl (C=O) groups is 3. The van der Waals surface area contributed by atoms with Crippen LogP contribution < -0.4 is 16.0 Å². The lowest BCUT2D eigenvalue weighted by Gasteiger charge is -2.36. The van der Waals surface area contributed by atoms with Crippen molar-refractivity contribution < 1.29 is 14.4 Å². The van der Waals surface area contributed by atoms with Crippen LogP contribution in [-0.4, -0.2) is 80.0 Å². The molecule has 8 nitrogen and oxygen atoms in total. The summed E-state index contributed by atoms with van der Waals surface area (Å²) in [6.45, 7) is 7.87. The number of urea groups is 1. The Balaban J connectivity index is 2.30. The topological polar surface area (TPSA) is 93.8 Å². The van der Waals surface area contributed by atoms with Crippen LogP contribution >= 0.6 is 0 Å². The molecule has 23 heavy (non-hydrogen) atoms. The fraction of sp³-hybridized carbons (Fsp3) is 0.800. The summed E-state index contributed by atoms with van der Waals surface area (Å²) in [5.74, 6) is -0.257. The van der Waals surface area contributed by atoms with Crippen LogP contribution in [0.1, 0.15) is 26.7 Å². The average molecular weight is 327 g/mol. The van der Waals surface area contributed by atoms with Gasteiger partial charge in [0.05, 0.1) is 12.6 Å². The molecule has 0 spiro atoms. The Morgan fingerprint density at radius 3 is 2.35 bits per heavy atom. The van der Waals surface area contributed by atoms with Gasteiger partial charge in [-0.2, -0.15) is 0 Å². The Morgan fingerprint density at radius 2 is 1.78 bits per heavy atom. The van der Waals surface area contributed by atoms with E-state index in [1.54, 1.807) is 6.92 Å². The van der Waals surface area contributed by atoms with E-state index in [-0.39, 0.29) is 17.9 Å². The fourth-order valence-electron chi connectivity index (χ4n) is 2.42. The molecule has 1 atom stereocenters. The lowest BCUT2D eigenvalue weighted by atomic mass is 10.2. The van der Waals surface area contributed by atoms with Crippen LogP contribution in [-0.2, 0) is 9.59 Å². The first-order chi connectivity index (χ1) is 11.0. The minimum absolute atomic E-state index is 0.0531. The molecule has 132 valence electrons. The molecule has 4 amide bonds. The van der Waals surface area contributed by atoms with E-state index in [9.17, 15) is 14.4 Å². The van der Waals surface area contributed by atoms with E-state index in [1.807, 2.05) is 4.90 Å². The number of piperazine rings is 1. The monoisotopic (exact) mass is 327 g/mol. The SMILES string of the molecule is CCCCNC(=O)CN1CCN([C@@H](C)C(=O)NC(=O)NC)CC1. The summed E-state index contributed by atoms with van der Waals surface area (Å²) >= 11 is 0. The van der Waals surface area contributed by atoms with Gasteiger partial charge in [0, 0.05) is 39.8 Å². The summed E-state index contributed by atoms with van der Waals surface area (Å²) in [5.41, 5.74) is 0. The predicted molar refractivity (Wildman–Crippen MR) is 88.0 cm³/mol. The second-order valence-electron chi connectivity index (χ2n) is 5.76. The average Bonchev–Trinajstić information content (AvgIpc) is 2.55. The van der Waals surface area contributed by atoms with Crippen molar-refractivity contribution in [2.24, 2.45) is 0 Å². The molecule has 0 aromatic rings. The van der Waals surface area contributed by atoms with Gasteiger partial charge in [0.1, 0.15) is 0 Å². The minimum atomic E-state index is -0.496. The zero-order chi connectivity index (χ0) is 17.2. The van der Waals surface area contributed by atoms with Crippen LogP contribution in [0.15, 0.2) is 0 Å². The normalized spacial score (nSPS) is 17.3. The Hall–Kier alpha value is -1.67. The molecular formula is C15H29N5O3. The molecule has 3 N–H and O–H groups in total. The Morgan fingerprint density at radius 1 is 1.13 bits per heavy atom. The lowest BCUT2D eigenvalue weighted by molar-refractivity contribution is -0.127. The first kappa shape index (κ1) is 19.4. The third kappa shape index (κ3) is 6.96. The van der Waals surface area contributed by atoms with E-state index >= 15 is 0 Å². The summed E-state index contributed by atoms with van der Waals surface area (Å²) in [5, 5.41) is 7.56. The minimum Gasteiger partial charge on any atom is -0.355 e. The molecule has 0 aromatic heterocycles. The highest BCUT2D eigenvalue weighted by atomic mass is 16.2. The molecule has 0 aliphatic carbocycles. The van der Waals surface area contributed by atoms with Crippen LogP contribution in [0, 0.1) is 0 Å². The number of unbranched alkanes of at least 4 members (excludes halogenated alkanes) is 1. The van der Waals surface area contributed by atoms with Crippen molar-refractivity contribution >= 4 is 17.8 Å². The number of carbonyl (C=O) groups excluding carboxylic acids is 3. The van der Waals surface area contributed by atoms with Crippen LogP contribution in [0.25, 0.3) is 0 Å². The molecule has 1 fully saturated rings. The highest BCUT2D eigenvalue weighted by Crippen LogP contribution is 2.06. The van der Waals surface area contributed by atoms with Crippen LogP contribution in [0.4, 0.5) is 4.79 Å². The van der Waals surface area contributed by atoms with Gasteiger partial charge >= 0.3 is 6.03 Å². The van der Waals surface area contributed by atoms with Gasteiger partial charge in [-0.05, 0) is 13.3 Å². The number of rotatable bonds is 7. The second kappa shape index (κ2) is 10.2. The second-order valence-corrected chi connectivity index (χ2v) is 5.76. The lowest BCUT2D eigenvalue weighted by Crippen LogP contribution is -2.56. The maximum atomic E-state index is 11.9. The molecule has 0 saturated carbocycles. The van der Waals surface area contributed by atoms with Gasteiger partial charge in [0.25, 0.3) is 0 Å². The van der Waals surface area contributed by atoms with Crippen molar-refractivity contribution in [2.45, 2.75) is 32.7 Å². The van der Waals surface area contributed by atoms with Crippen LogP contribution in [0.5, 0.6) is 0 Å². The van der Waals surface area contributed by atoms with Gasteiger partial charge in [-0.25, -0.2) is 4.79 Å². The van der Waals surface area contributed by atoms with E-state index < -0.39 is 6.03 Å². The van der Waals surface area contributed by atoms with Gasteiger partial charge in [0.2, 0.25) is 11.8 Å². The van der Waals surface area contributed by atoms with Gasteiger partial charge < -0.3 is 10.6 Å². The van der Waals surface area contributed by atoms with E-state index in [0.29, 0.717) is 19.6 Å². The van der Waals surface area contributed by atoms with Crippen molar-refractivity contribution in [3.05, 3.63) is 0 Å². The summed E-state index contributed by atoms with van der Waals surface area (Å²) < 4.78 is 0. The molecular weight excluding hydrogens is 298 g/mol. The van der Waals surface area contributed by atoms with Crippen molar-refractivity contribution in [1.82, 2.24) is 25.8 Å². The highest BCUT2D eigenvalue weighted by molar-refractivity contribution is 5.96. The molecule has 0 bridgehead atoms. The van der Waals surface area contributed by atoms with Gasteiger partial charge in [-0.15, -0.1) is 0 Å². The van der Waals surface area contributed by atoms with E-state index in [1.165, 1.54) is 7.05 Å². The number of nitrogens with zero attached hydrogens (tertiary/aromatic N) is 2. The number of imide groups is 1. The molecule has 8 heteroatoms. The van der Waals surface area contributed by atoms with E-state index in [0.717, 1.165) is 32.5 Å². The molecule has 0 unspecified atom stereocenters. The zero-order valence-electron chi connectivity index (χ0n) is 14.4. The molecule has 1 aliphatic rings. The molecule has 0 radical (unpaired) electrons. The summed E-state index contributed by atoms with van der Waals surface area (Å²) in [7, 11) is 1.47. The molecule has 1 rings (SSSR count). The number of nitrogens with one attached hydrogen (secondary N) is 3. The molecule has 0 aromatic carbocycles. The van der Waals surface area contributed by atoms with Crippen LogP contribution in [0.2, 0.25) is 0 Å². The summed E-state index contributed by atoms with van der Waals surface area (Å²) in [6, 6.07) is -0.864. The Kier molecular flexibility index (Phi) is 8.57. The number of hydrogen-bond acceptors (Lipinski definition) is 5. The Labute approximate surface area is 137 Å².